The first-order valence-corrected chi connectivity index (χ1v) is 16.5. The highest BCUT2D eigenvalue weighted by Crippen LogP contribution is 2.28. The van der Waals surface area contributed by atoms with Gasteiger partial charge in [-0.15, -0.1) is 0 Å². The second kappa shape index (κ2) is 15.1. The fourth-order valence-electron chi connectivity index (χ4n) is 5.72. The average molecular weight is 703 g/mol. The third-order valence-electron chi connectivity index (χ3n) is 8.36. The van der Waals surface area contributed by atoms with Crippen LogP contribution in [0.4, 0.5) is 0 Å². The first kappa shape index (κ1) is 36.7. The van der Waals surface area contributed by atoms with Crippen LogP contribution < -0.4 is 26.5 Å². The van der Waals surface area contributed by atoms with E-state index in [9.17, 15) is 29.4 Å². The molecular formula is C36H42N6O9. The second-order valence-electron chi connectivity index (χ2n) is 12.8. The van der Waals surface area contributed by atoms with Crippen LogP contribution in [-0.2, 0) is 46.9 Å². The van der Waals surface area contributed by atoms with Gasteiger partial charge in [0.05, 0.1) is 32.9 Å². The van der Waals surface area contributed by atoms with Crippen molar-refractivity contribution in [2.75, 3.05) is 19.8 Å². The molecule has 2 aromatic heterocycles. The van der Waals surface area contributed by atoms with Gasteiger partial charge in [-0.25, -0.2) is 9.97 Å². The molecule has 51 heavy (non-hydrogen) atoms. The van der Waals surface area contributed by atoms with Crippen molar-refractivity contribution in [3.05, 3.63) is 109 Å². The Morgan fingerprint density at radius 3 is 1.75 bits per heavy atom. The Morgan fingerprint density at radius 2 is 1.24 bits per heavy atom. The smallest absolute Gasteiger partial charge is 0.296 e. The maximum absolute atomic E-state index is 12.6. The molecular weight excluding hydrogens is 660 g/mol. The second-order valence-corrected chi connectivity index (χ2v) is 12.8. The number of hydrogen-bond acceptors (Lipinski definition) is 11. The number of amides is 2. The lowest BCUT2D eigenvalue weighted by Crippen LogP contribution is -2.42. The maximum atomic E-state index is 12.6. The molecule has 4 heterocycles. The molecule has 4 aromatic rings. The van der Waals surface area contributed by atoms with Gasteiger partial charge in [-0.05, 0) is 46.2 Å². The quantitative estimate of drug-likeness (QED) is 0.211. The lowest BCUT2D eigenvalue weighted by molar-refractivity contribution is -0.0569. The van der Waals surface area contributed by atoms with Crippen LogP contribution in [0.1, 0.15) is 78.4 Å². The number of aromatic hydroxyl groups is 2. The Labute approximate surface area is 293 Å². The van der Waals surface area contributed by atoms with Crippen molar-refractivity contribution >= 4 is 11.8 Å². The van der Waals surface area contributed by atoms with E-state index in [1.54, 1.807) is 27.7 Å². The third-order valence-corrected chi connectivity index (χ3v) is 8.36. The maximum Gasteiger partial charge on any atom is 0.296 e. The Hall–Kier alpha value is -5.54. The molecule has 2 amide bonds. The summed E-state index contributed by atoms with van der Waals surface area (Å²) in [6, 6.07) is 16.7. The molecule has 6 rings (SSSR count). The number of hydrogen-bond donors (Lipinski definition) is 4. The molecule has 0 saturated carbocycles. The zero-order valence-corrected chi connectivity index (χ0v) is 29.2. The van der Waals surface area contributed by atoms with Gasteiger partial charge in [0.2, 0.25) is 11.5 Å². The van der Waals surface area contributed by atoms with Crippen LogP contribution in [-0.4, -0.2) is 61.0 Å². The topological polar surface area (TPSA) is 196 Å². The van der Waals surface area contributed by atoms with Gasteiger partial charge in [0, 0.05) is 18.7 Å². The molecule has 0 unspecified atom stereocenters. The van der Waals surface area contributed by atoms with Crippen molar-refractivity contribution in [1.29, 1.82) is 0 Å². The van der Waals surface area contributed by atoms with Crippen LogP contribution in [0.25, 0.3) is 0 Å². The minimum absolute atomic E-state index is 0.175. The van der Waals surface area contributed by atoms with Crippen molar-refractivity contribution in [2.45, 2.75) is 72.0 Å². The van der Waals surface area contributed by atoms with Gasteiger partial charge in [-0.1, -0.05) is 48.5 Å². The van der Waals surface area contributed by atoms with Crippen molar-refractivity contribution < 1.29 is 34.0 Å². The molecule has 2 aromatic carbocycles. The third kappa shape index (κ3) is 7.94. The summed E-state index contributed by atoms with van der Waals surface area (Å²) in [5.74, 6) is -1.22. The fourth-order valence-corrected chi connectivity index (χ4v) is 5.72. The summed E-state index contributed by atoms with van der Waals surface area (Å²) in [5, 5.41) is 25.7. The Balaban J connectivity index is 0.000000199. The first-order valence-electron chi connectivity index (χ1n) is 16.5. The molecule has 15 nitrogen and oxygen atoms in total. The number of benzene rings is 2. The highest BCUT2D eigenvalue weighted by molar-refractivity contribution is 5.95. The average Bonchev–Trinajstić information content (AvgIpc) is 3.10. The van der Waals surface area contributed by atoms with E-state index in [0.717, 1.165) is 11.1 Å². The minimum Gasteiger partial charge on any atom is -0.501 e. The number of carbonyl (C=O) groups excluding carboxylic acids is 2. The predicted octanol–water partition coefficient (Wildman–Crippen LogP) is 2.69. The molecule has 4 N–H and O–H groups in total. The summed E-state index contributed by atoms with van der Waals surface area (Å²) in [6.07, 6.45) is 0. The van der Waals surface area contributed by atoms with E-state index < -0.39 is 45.6 Å². The summed E-state index contributed by atoms with van der Waals surface area (Å²) in [7, 11) is 0. The van der Waals surface area contributed by atoms with Crippen LogP contribution in [0.2, 0.25) is 0 Å². The van der Waals surface area contributed by atoms with E-state index in [1.807, 2.05) is 61.5 Å². The minimum atomic E-state index is -0.832. The number of para-hydroxylation sites is 1. The van der Waals surface area contributed by atoms with E-state index in [4.69, 9.17) is 14.2 Å². The van der Waals surface area contributed by atoms with E-state index in [-0.39, 0.29) is 31.0 Å². The molecule has 15 heteroatoms. The lowest BCUT2D eigenvalue weighted by atomic mass is 10.1. The highest BCUT2D eigenvalue weighted by Gasteiger charge is 2.35. The summed E-state index contributed by atoms with van der Waals surface area (Å²) in [6.45, 7) is 11.2. The fraction of sp³-hybridized carbons (Fsp3) is 0.389. The van der Waals surface area contributed by atoms with Gasteiger partial charge >= 0.3 is 0 Å². The molecule has 0 spiro atoms. The van der Waals surface area contributed by atoms with Gasteiger partial charge in [-0.2, -0.15) is 0 Å². The molecule has 0 aliphatic carbocycles. The van der Waals surface area contributed by atoms with Gasteiger partial charge in [-0.3, -0.25) is 28.3 Å². The zero-order chi connectivity index (χ0) is 36.9. The molecule has 2 aliphatic heterocycles. The Morgan fingerprint density at radius 1 is 0.765 bits per heavy atom. The number of aromatic nitrogens is 4. The van der Waals surface area contributed by atoms with E-state index in [2.05, 4.69) is 20.6 Å². The van der Waals surface area contributed by atoms with Crippen LogP contribution in [0.15, 0.2) is 64.2 Å². The lowest BCUT2D eigenvalue weighted by Gasteiger charge is -2.32. The van der Waals surface area contributed by atoms with Gasteiger partial charge in [0.1, 0.15) is 28.6 Å². The van der Waals surface area contributed by atoms with Gasteiger partial charge < -0.3 is 35.1 Å². The zero-order valence-electron chi connectivity index (χ0n) is 29.2. The molecule has 0 fully saturated rings. The number of fused-ring (bicyclic) bond motifs is 2. The van der Waals surface area contributed by atoms with E-state index >= 15 is 0 Å². The van der Waals surface area contributed by atoms with Crippen LogP contribution >= 0.6 is 0 Å². The Kier molecular flexibility index (Phi) is 10.9. The number of nitrogens with one attached hydrogen (secondary N) is 2. The summed E-state index contributed by atoms with van der Waals surface area (Å²) >= 11 is 0. The van der Waals surface area contributed by atoms with Crippen molar-refractivity contribution in [2.24, 2.45) is 0 Å². The molecule has 270 valence electrons. The number of carbonyl (C=O) groups is 2. The number of nitrogens with zero attached hydrogens (tertiary/aromatic N) is 4. The molecule has 0 bridgehead atoms. The van der Waals surface area contributed by atoms with Crippen LogP contribution in [0, 0.1) is 0 Å². The first-order chi connectivity index (χ1) is 24.2. The number of ether oxygens (including phenoxy) is 3. The Bertz CT molecular complexity index is 2040. The normalized spacial score (nSPS) is 15.3. The van der Waals surface area contributed by atoms with Crippen molar-refractivity contribution in [3.63, 3.8) is 0 Å². The summed E-state index contributed by atoms with van der Waals surface area (Å²) < 4.78 is 19.5. The summed E-state index contributed by atoms with van der Waals surface area (Å²) in [5.41, 5.74) is -1.80. The molecule has 0 saturated heterocycles. The number of rotatable bonds is 8. The SMILES string of the molecule is CC1(C)OCCn2c1nc(C(=O)NCc1ccccc1)c(O)c2=O.CCOc1ccccc1CNC(=O)c1nc2n(c(=O)c1O)CCOC2(C)C. The standard InChI is InChI=1S/C19H23N3O5.C17H19N3O4/c1-4-26-13-8-6-5-7-12(13)11-20-16(24)14-15(23)17(25)22-9-10-27-19(2,3)18(22)21-14;1-17(2)16-19-12(13(21)15(23)20(16)8-9-24-17)14(22)18-10-11-6-4-3-5-7-11/h5-8,23H,4,9-11H2,1-3H3,(H,20,24);3-7,21H,8-10H2,1-2H3,(H,18,22). The monoisotopic (exact) mass is 702 g/mol. The van der Waals surface area contributed by atoms with E-state index in [0.29, 0.717) is 43.8 Å². The van der Waals surface area contributed by atoms with Gasteiger partial charge in [0.15, 0.2) is 11.4 Å². The molecule has 2 aliphatic rings. The molecule has 0 radical (unpaired) electrons. The predicted molar refractivity (Wildman–Crippen MR) is 185 cm³/mol. The van der Waals surface area contributed by atoms with Crippen LogP contribution in [0.3, 0.4) is 0 Å². The van der Waals surface area contributed by atoms with Gasteiger partial charge in [0.25, 0.3) is 22.9 Å². The summed E-state index contributed by atoms with van der Waals surface area (Å²) in [4.78, 5) is 58.2. The van der Waals surface area contributed by atoms with Crippen molar-refractivity contribution in [1.82, 2.24) is 29.7 Å². The van der Waals surface area contributed by atoms with Crippen LogP contribution in [0.5, 0.6) is 17.2 Å². The highest BCUT2D eigenvalue weighted by atomic mass is 16.5. The van der Waals surface area contributed by atoms with Crippen molar-refractivity contribution in [3.8, 4) is 17.2 Å². The van der Waals surface area contributed by atoms with E-state index in [1.165, 1.54) is 9.13 Å². The molecule has 0 atom stereocenters. The largest absolute Gasteiger partial charge is 0.501 e.